The summed E-state index contributed by atoms with van der Waals surface area (Å²) in [6.45, 7) is 0. The molecule has 0 heterocycles. The van der Waals surface area contributed by atoms with E-state index >= 15 is 0 Å². The van der Waals surface area contributed by atoms with Gasteiger partial charge in [0.2, 0.25) is 0 Å². The summed E-state index contributed by atoms with van der Waals surface area (Å²) in [5.74, 6) is 0. The molecule has 0 saturated heterocycles. The first-order valence-corrected chi connectivity index (χ1v) is 0.565. The van der Waals surface area contributed by atoms with Crippen molar-refractivity contribution in [3.63, 3.8) is 0 Å². The fraction of sp³-hybridized carbons (Fsp3) is 0. The Morgan fingerprint density at radius 1 is 1.71 bits per heavy atom. The molecule has 0 aromatic heterocycles. The van der Waals surface area contributed by atoms with Gasteiger partial charge < -0.3 is 14.2 Å². The predicted octanol–water partition coefficient (Wildman–Crippen LogP) is -0.189. The maximum Gasteiger partial charge on any atom is 2.00 e. The van der Waals surface area contributed by atoms with E-state index in [4.69, 9.17) is 15.3 Å². The van der Waals surface area contributed by atoms with Crippen LogP contribution in [-0.2, 0) is 0 Å². The molecule has 0 fully saturated rings. The molecule has 0 atom stereocenters. The van der Waals surface area contributed by atoms with Crippen LogP contribution in [0.1, 0.15) is 2.85 Å². The smallest absolute Gasteiger partial charge is 1.00 e. The Hall–Kier alpha value is -0.144. The van der Waals surface area contributed by atoms with Crippen LogP contribution in [-0.4, -0.2) is 33.3 Å². The monoisotopic (exact) mass is 126 g/mol. The van der Waals surface area contributed by atoms with E-state index in [0.29, 0.717) is 0 Å². The van der Waals surface area contributed by atoms with Gasteiger partial charge in [0.1, 0.15) is 0 Å². The minimum absolute atomic E-state index is 0. The summed E-state index contributed by atoms with van der Waals surface area (Å²) in [5, 5.41) is 13.6. The molecule has 44 valence electrons. The Balaban J connectivity index is -0.00000000450. The van der Waals surface area contributed by atoms with Crippen molar-refractivity contribution in [3.8, 4) is 0 Å². The Morgan fingerprint density at radius 3 is 1.71 bits per heavy atom. The first-order chi connectivity index (χ1) is 1.73. The molecule has 0 rings (SSSR count). The van der Waals surface area contributed by atoms with E-state index in [1.165, 1.54) is 0 Å². The van der Waals surface area contributed by atoms with E-state index in [1.807, 2.05) is 0 Å². The fourth-order valence-corrected chi connectivity index (χ4v) is 0. The summed E-state index contributed by atoms with van der Waals surface area (Å²) in [6, 6.07) is 0. The third-order valence-electron chi connectivity index (χ3n) is 0. The first-order valence-electron chi connectivity index (χ1n) is 0.565. The van der Waals surface area contributed by atoms with Crippen molar-refractivity contribution in [1.29, 1.82) is 0 Å². The van der Waals surface area contributed by atoms with Crippen molar-refractivity contribution in [2.24, 2.45) is 0 Å². The van der Waals surface area contributed by atoms with Crippen LogP contribution < -0.4 is 6.15 Å². The Labute approximate surface area is 57.9 Å². The first kappa shape index (κ1) is 28.8. The van der Waals surface area contributed by atoms with Crippen LogP contribution in [0.25, 0.3) is 0 Å². The van der Waals surface area contributed by atoms with Crippen LogP contribution in [0.15, 0.2) is 0 Å². The van der Waals surface area contributed by atoms with Crippen LogP contribution in [0.4, 0.5) is 4.70 Å². The molecule has 0 aliphatic heterocycles. The fourth-order valence-electron chi connectivity index (χ4n) is 0. The number of hydrogen-bond acceptors (Lipinski definition) is 3. The van der Waals surface area contributed by atoms with Gasteiger partial charge in [0.15, 0.2) is 0 Å². The van der Waals surface area contributed by atoms with Gasteiger partial charge >= 0.3 is 23.1 Å². The normalized spacial score (nSPS) is 3.43. The number of hydrogen-bond donors (Lipinski definition) is 2. The predicted molar refractivity (Wildman–Crippen MR) is 24.3 cm³/mol. The summed E-state index contributed by atoms with van der Waals surface area (Å²) in [5.41, 5.74) is 0. The Kier molecular flexibility index (Phi) is 69.7. The second kappa shape index (κ2) is 16.9. The average Bonchev–Trinajstić information content (AvgIpc) is 0.811. The molecule has 4 N–H and O–H groups in total. The van der Waals surface area contributed by atoms with Crippen LogP contribution in [0.2, 0.25) is 0 Å². The maximum atomic E-state index is 8.36. The van der Waals surface area contributed by atoms with Gasteiger partial charge in [-0.25, -0.2) is 0 Å². The quantitative estimate of drug-likeness (QED) is 0.267. The van der Waals surface area contributed by atoms with Gasteiger partial charge in [-0.05, 0) is 0 Å². The Morgan fingerprint density at radius 2 is 1.71 bits per heavy atom. The largest absolute Gasteiger partial charge is 2.00 e. The van der Waals surface area contributed by atoms with Gasteiger partial charge in [0, 0.05) is 0 Å². The molecular formula is H7FMgN2O3. The molecule has 0 unspecified atom stereocenters. The molecule has 0 bridgehead atoms. The molecule has 7 heavy (non-hydrogen) atoms. The van der Waals surface area contributed by atoms with Crippen molar-refractivity contribution in [2.45, 2.75) is 0 Å². The summed E-state index contributed by atoms with van der Waals surface area (Å²) >= 11 is 0. The molecule has 0 aromatic carbocycles. The zero-order chi connectivity index (χ0) is 3.58. The van der Waals surface area contributed by atoms with Crippen molar-refractivity contribution >= 4 is 23.1 Å². The minimum atomic E-state index is -1.50. The molecule has 0 spiro atoms. The second-order valence-electron chi connectivity index (χ2n) is 0.238. The second-order valence-corrected chi connectivity index (χ2v) is 0.238. The molecule has 0 aliphatic rings. The van der Waals surface area contributed by atoms with E-state index in [-0.39, 0.29) is 36.8 Å². The SMILES string of the molecule is F.N.O=[N+]([O-])O.[H-].[H-].[Mg+2]. The molecule has 0 aromatic rings. The molecule has 0 saturated carbocycles. The van der Waals surface area contributed by atoms with Crippen molar-refractivity contribution in [2.75, 3.05) is 0 Å². The number of nitrogens with zero attached hydrogens (tertiary/aromatic N) is 1. The molecule has 5 nitrogen and oxygen atoms in total. The standard InChI is InChI=1S/FH.Mg.HNO3.H3N.2H/c;;2-1(3)4;;;/h1H;;(H,2,3,4);1H3;;/q;+2;;;2*-1. The third-order valence-corrected chi connectivity index (χ3v) is 0. The summed E-state index contributed by atoms with van der Waals surface area (Å²) < 4.78 is 0. The molecule has 0 radical (unpaired) electrons. The van der Waals surface area contributed by atoms with Gasteiger partial charge in [-0.3, -0.25) is 4.70 Å². The van der Waals surface area contributed by atoms with Crippen LogP contribution in [0.3, 0.4) is 0 Å². The zero-order valence-corrected chi connectivity index (χ0v) is 4.95. The van der Waals surface area contributed by atoms with Crippen LogP contribution in [0, 0.1) is 10.1 Å². The van der Waals surface area contributed by atoms with E-state index in [1.54, 1.807) is 0 Å². The number of halogens is 1. The summed E-state index contributed by atoms with van der Waals surface area (Å²) in [6.07, 6.45) is 0. The van der Waals surface area contributed by atoms with E-state index in [2.05, 4.69) is 0 Å². The van der Waals surface area contributed by atoms with E-state index in [9.17, 15) is 0 Å². The molecule has 0 amide bonds. The summed E-state index contributed by atoms with van der Waals surface area (Å²) in [7, 11) is 0. The maximum absolute atomic E-state index is 8.36. The van der Waals surface area contributed by atoms with Gasteiger partial charge in [0.05, 0.1) is 0 Å². The molecule has 7 heteroatoms. The van der Waals surface area contributed by atoms with Crippen LogP contribution >= 0.6 is 0 Å². The van der Waals surface area contributed by atoms with Crippen molar-refractivity contribution in [3.05, 3.63) is 10.1 Å². The van der Waals surface area contributed by atoms with Gasteiger partial charge in [-0.2, -0.15) is 0 Å². The minimum Gasteiger partial charge on any atom is -1.00 e. The zero-order valence-electron chi connectivity index (χ0n) is 5.53. The number of rotatable bonds is 0. The topological polar surface area (TPSA) is 98.4 Å². The van der Waals surface area contributed by atoms with Gasteiger partial charge in [-0.1, -0.05) is 0 Å². The molecule has 0 aliphatic carbocycles. The van der Waals surface area contributed by atoms with Gasteiger partial charge in [-0.15, -0.1) is 10.1 Å². The average molecular weight is 126 g/mol. The molecular weight excluding hydrogens is 119 g/mol. The third kappa shape index (κ3) is 4210. The Bertz CT molecular complexity index is 42.8. The van der Waals surface area contributed by atoms with Crippen molar-refractivity contribution < 1.29 is 17.9 Å². The summed E-state index contributed by atoms with van der Waals surface area (Å²) in [4.78, 5) is 8.36. The van der Waals surface area contributed by atoms with Gasteiger partial charge in [0.25, 0.3) is 5.09 Å². The van der Waals surface area contributed by atoms with E-state index in [0.717, 1.165) is 0 Å². The van der Waals surface area contributed by atoms with Crippen LogP contribution in [0.5, 0.6) is 0 Å². The van der Waals surface area contributed by atoms with Crippen molar-refractivity contribution in [1.82, 2.24) is 6.15 Å². The van der Waals surface area contributed by atoms with E-state index < -0.39 is 5.09 Å².